The number of H-pyrrole nitrogens is 1. The van der Waals surface area contributed by atoms with Crippen LogP contribution in [0.2, 0.25) is 0 Å². The average Bonchev–Trinajstić information content (AvgIpc) is 2.69. The van der Waals surface area contributed by atoms with Gasteiger partial charge in [0.1, 0.15) is 5.92 Å². The maximum Gasteiger partial charge on any atom is 0.313 e. The van der Waals surface area contributed by atoms with Gasteiger partial charge in [-0.15, -0.1) is 0 Å². The van der Waals surface area contributed by atoms with Crippen molar-refractivity contribution in [2.24, 2.45) is 5.41 Å². The molecule has 0 aliphatic heterocycles. The topological polar surface area (TPSA) is 83.0 Å². The van der Waals surface area contributed by atoms with E-state index < -0.39 is 17.3 Å². The molecule has 2 rings (SSSR count). The Morgan fingerprint density at radius 2 is 2.00 bits per heavy atom. The van der Waals surface area contributed by atoms with Crippen molar-refractivity contribution in [1.82, 2.24) is 10.2 Å². The maximum atomic E-state index is 11.6. The zero-order chi connectivity index (χ0) is 13.5. The molecule has 0 radical (unpaired) electrons. The van der Waals surface area contributed by atoms with E-state index in [0.717, 1.165) is 0 Å². The molecule has 18 heavy (non-hydrogen) atoms. The minimum absolute atomic E-state index is 0.284. The van der Waals surface area contributed by atoms with Crippen LogP contribution in [0.4, 0.5) is 0 Å². The van der Waals surface area contributed by atoms with Gasteiger partial charge in [-0.3, -0.25) is 9.59 Å². The molecule has 1 unspecified atom stereocenters. The summed E-state index contributed by atoms with van der Waals surface area (Å²) in [5, 5.41) is 20.3. The van der Waals surface area contributed by atoms with Gasteiger partial charge in [0.25, 0.3) is 5.56 Å². The largest absolute Gasteiger partial charge is 0.481 e. The van der Waals surface area contributed by atoms with E-state index in [1.165, 1.54) is 11.3 Å². The Balaban J connectivity index is 2.73. The van der Waals surface area contributed by atoms with Gasteiger partial charge in [-0.05, 0) is 5.41 Å². The fourth-order valence-corrected chi connectivity index (χ4v) is 2.84. The highest BCUT2D eigenvalue weighted by molar-refractivity contribution is 7.09. The third-order valence-corrected chi connectivity index (χ3v) is 3.59. The zero-order valence-electron chi connectivity index (χ0n) is 10.4. The molecule has 0 bridgehead atoms. The van der Waals surface area contributed by atoms with Crippen LogP contribution < -0.4 is 5.56 Å². The van der Waals surface area contributed by atoms with Gasteiger partial charge in [0.2, 0.25) is 0 Å². The highest BCUT2D eigenvalue weighted by Crippen LogP contribution is 2.37. The van der Waals surface area contributed by atoms with Gasteiger partial charge in [-0.25, -0.2) is 5.10 Å². The summed E-state index contributed by atoms with van der Waals surface area (Å²) in [6, 6.07) is 0. The summed E-state index contributed by atoms with van der Waals surface area (Å²) in [5.74, 6) is -1.69. The quantitative estimate of drug-likeness (QED) is 0.872. The molecule has 96 valence electrons. The van der Waals surface area contributed by atoms with Gasteiger partial charge in [0.15, 0.2) is 0 Å². The molecule has 0 amide bonds. The smallest absolute Gasteiger partial charge is 0.313 e. The first kappa shape index (κ1) is 12.8. The van der Waals surface area contributed by atoms with E-state index in [0.29, 0.717) is 16.5 Å². The van der Waals surface area contributed by atoms with Crippen LogP contribution in [0.5, 0.6) is 0 Å². The van der Waals surface area contributed by atoms with Crippen LogP contribution in [0, 0.1) is 5.41 Å². The number of aliphatic carboxylic acids is 1. The highest BCUT2D eigenvalue weighted by atomic mass is 32.1. The molecule has 5 nitrogen and oxygen atoms in total. The predicted octanol–water partition coefficient (Wildman–Crippen LogP) is 2.20. The molecule has 0 saturated heterocycles. The Morgan fingerprint density at radius 1 is 1.39 bits per heavy atom. The van der Waals surface area contributed by atoms with Crippen molar-refractivity contribution < 1.29 is 9.90 Å². The molecular weight excluding hydrogens is 252 g/mol. The monoisotopic (exact) mass is 266 g/mol. The van der Waals surface area contributed by atoms with E-state index >= 15 is 0 Å². The van der Waals surface area contributed by atoms with Crippen molar-refractivity contribution in [2.75, 3.05) is 0 Å². The molecule has 0 aliphatic carbocycles. The summed E-state index contributed by atoms with van der Waals surface area (Å²) in [4.78, 5) is 23.0. The number of thiophene rings is 1. The van der Waals surface area contributed by atoms with E-state index in [4.69, 9.17) is 0 Å². The Hall–Kier alpha value is -1.69. The van der Waals surface area contributed by atoms with E-state index in [-0.39, 0.29) is 5.56 Å². The fraction of sp³-hybridized carbons (Fsp3) is 0.417. The van der Waals surface area contributed by atoms with Crippen molar-refractivity contribution in [3.8, 4) is 0 Å². The lowest BCUT2D eigenvalue weighted by atomic mass is 9.78. The molecule has 0 saturated carbocycles. The van der Waals surface area contributed by atoms with Crippen LogP contribution in [-0.4, -0.2) is 21.3 Å². The summed E-state index contributed by atoms with van der Waals surface area (Å²) in [6.45, 7) is 5.53. The molecule has 2 heterocycles. The lowest BCUT2D eigenvalue weighted by Gasteiger charge is -2.26. The van der Waals surface area contributed by atoms with Gasteiger partial charge in [0.05, 0.1) is 11.1 Å². The van der Waals surface area contributed by atoms with Crippen molar-refractivity contribution in [3.05, 3.63) is 26.8 Å². The standard InChI is InChI=1S/C12H14N2O3S/c1-12(2,3)8(11(16)17)9-6-4-18-5-7(6)10(15)14-13-9/h4-5,8H,1-3H3,(H,14,15)(H,16,17). The molecule has 2 aromatic heterocycles. The molecule has 2 aromatic rings. The van der Waals surface area contributed by atoms with Crippen LogP contribution >= 0.6 is 11.3 Å². The number of nitrogens with one attached hydrogen (secondary N) is 1. The van der Waals surface area contributed by atoms with Crippen molar-refractivity contribution in [3.63, 3.8) is 0 Å². The highest BCUT2D eigenvalue weighted by Gasteiger charge is 2.35. The van der Waals surface area contributed by atoms with Gasteiger partial charge in [0, 0.05) is 16.1 Å². The number of fused-ring (bicyclic) bond motifs is 1. The van der Waals surface area contributed by atoms with Gasteiger partial charge >= 0.3 is 5.97 Å². The van der Waals surface area contributed by atoms with Crippen LogP contribution in [-0.2, 0) is 4.79 Å². The van der Waals surface area contributed by atoms with Gasteiger partial charge in [-0.1, -0.05) is 20.8 Å². The average molecular weight is 266 g/mol. The Morgan fingerprint density at radius 3 is 2.56 bits per heavy atom. The van der Waals surface area contributed by atoms with Gasteiger partial charge in [-0.2, -0.15) is 16.4 Å². The zero-order valence-corrected chi connectivity index (χ0v) is 11.2. The van der Waals surface area contributed by atoms with Crippen molar-refractivity contribution >= 4 is 28.1 Å². The summed E-state index contributed by atoms with van der Waals surface area (Å²) in [7, 11) is 0. The lowest BCUT2D eigenvalue weighted by molar-refractivity contribution is -0.141. The third kappa shape index (κ3) is 2.03. The van der Waals surface area contributed by atoms with E-state index in [9.17, 15) is 14.7 Å². The number of carboxylic acids is 1. The Bertz CT molecular complexity index is 651. The summed E-state index contributed by atoms with van der Waals surface area (Å²) in [6.07, 6.45) is 0. The fourth-order valence-electron chi connectivity index (χ4n) is 2.02. The maximum absolute atomic E-state index is 11.6. The van der Waals surface area contributed by atoms with Crippen molar-refractivity contribution in [1.29, 1.82) is 0 Å². The summed E-state index contributed by atoms with van der Waals surface area (Å²) >= 11 is 1.37. The van der Waals surface area contributed by atoms with Crippen LogP contribution in [0.3, 0.4) is 0 Å². The molecule has 6 heteroatoms. The van der Waals surface area contributed by atoms with E-state index in [2.05, 4.69) is 10.2 Å². The molecule has 2 N–H and O–H groups in total. The molecule has 0 aliphatic rings. The second-order valence-corrected chi connectivity index (χ2v) is 6.02. The molecule has 0 aromatic carbocycles. The second-order valence-electron chi connectivity index (χ2n) is 5.27. The number of hydrogen-bond acceptors (Lipinski definition) is 4. The lowest BCUT2D eigenvalue weighted by Crippen LogP contribution is -2.28. The molecule has 1 atom stereocenters. The molecular formula is C12H14N2O3S. The minimum atomic E-state index is -0.936. The van der Waals surface area contributed by atoms with Crippen LogP contribution in [0.1, 0.15) is 32.4 Å². The van der Waals surface area contributed by atoms with Crippen molar-refractivity contribution in [2.45, 2.75) is 26.7 Å². The Labute approximate surface area is 107 Å². The number of rotatable bonds is 2. The Kier molecular flexibility index (Phi) is 2.98. The predicted molar refractivity (Wildman–Crippen MR) is 70.1 cm³/mol. The number of aromatic nitrogens is 2. The number of aromatic amines is 1. The van der Waals surface area contributed by atoms with Crippen LogP contribution in [0.25, 0.3) is 10.8 Å². The van der Waals surface area contributed by atoms with E-state index in [1.807, 2.05) is 20.8 Å². The number of carbonyl (C=O) groups is 1. The number of nitrogens with zero attached hydrogens (tertiary/aromatic N) is 1. The van der Waals surface area contributed by atoms with Gasteiger partial charge < -0.3 is 5.11 Å². The molecule has 0 spiro atoms. The summed E-state index contributed by atoms with van der Waals surface area (Å²) < 4.78 is 0. The minimum Gasteiger partial charge on any atom is -0.481 e. The summed E-state index contributed by atoms with van der Waals surface area (Å²) in [5.41, 5.74) is -0.342. The number of carboxylic acid groups (broad SMARTS) is 1. The third-order valence-electron chi connectivity index (χ3n) is 2.85. The molecule has 0 fully saturated rings. The normalized spacial score (nSPS) is 13.7. The van der Waals surface area contributed by atoms with Crippen LogP contribution in [0.15, 0.2) is 15.6 Å². The number of hydrogen-bond donors (Lipinski definition) is 2. The van der Waals surface area contributed by atoms with E-state index in [1.54, 1.807) is 10.8 Å². The first-order valence-corrected chi connectivity index (χ1v) is 6.44. The first-order valence-electron chi connectivity index (χ1n) is 5.49. The second kappa shape index (κ2) is 4.20. The first-order chi connectivity index (χ1) is 8.32. The SMILES string of the molecule is CC(C)(C)C(C(=O)O)c1n[nH]c(=O)c2cscc12.